The molecule has 1 heterocycles. The molecule has 0 saturated heterocycles. The van der Waals surface area contributed by atoms with Gasteiger partial charge in [-0.25, -0.2) is 4.68 Å². The van der Waals surface area contributed by atoms with Crippen LogP contribution in [0.15, 0.2) is 54.7 Å². The first-order chi connectivity index (χ1) is 15.6. The molecule has 0 fully saturated rings. The number of aromatic nitrogens is 3. The van der Waals surface area contributed by atoms with Gasteiger partial charge in [-0.3, -0.25) is 4.79 Å². The summed E-state index contributed by atoms with van der Waals surface area (Å²) < 4.78 is 23.8. The summed E-state index contributed by atoms with van der Waals surface area (Å²) in [5.41, 5.74) is 0.816. The molecule has 0 unspecified atom stereocenters. The van der Waals surface area contributed by atoms with E-state index in [2.05, 4.69) is 15.6 Å². The molecule has 0 bridgehead atoms. The fourth-order valence-electron chi connectivity index (χ4n) is 2.88. The first-order valence-electron chi connectivity index (χ1n) is 10.6. The van der Waals surface area contributed by atoms with Crippen molar-refractivity contribution in [3.05, 3.63) is 60.4 Å². The van der Waals surface area contributed by atoms with Gasteiger partial charge >= 0.3 is 0 Å². The maximum absolute atomic E-state index is 12.5. The van der Waals surface area contributed by atoms with E-state index in [9.17, 15) is 4.79 Å². The van der Waals surface area contributed by atoms with E-state index in [0.717, 1.165) is 5.75 Å². The average molecular weight is 441 g/mol. The third-order valence-corrected chi connectivity index (χ3v) is 4.30. The van der Waals surface area contributed by atoms with Gasteiger partial charge in [0.2, 0.25) is 0 Å². The number of hydrogen-bond acceptors (Lipinski definition) is 7. The molecule has 0 saturated carbocycles. The Morgan fingerprint density at radius 3 is 2.09 bits per heavy atom. The Balaban J connectivity index is 1.55. The van der Waals surface area contributed by atoms with Crippen molar-refractivity contribution < 1.29 is 23.7 Å². The minimum absolute atomic E-state index is 0.200. The van der Waals surface area contributed by atoms with E-state index in [1.807, 2.05) is 45.0 Å². The second kappa shape index (κ2) is 11.8. The SMILES string of the molecule is CCOc1ccc(Oc2ccc(NC(=O)c3cn(CC(OCC)OCC)nn3)cc2)cc1. The average Bonchev–Trinajstić information content (AvgIpc) is 3.26. The van der Waals surface area contributed by atoms with Gasteiger partial charge in [0, 0.05) is 18.9 Å². The van der Waals surface area contributed by atoms with Crippen molar-refractivity contribution in [2.75, 3.05) is 25.1 Å². The summed E-state index contributed by atoms with van der Waals surface area (Å²) in [6.07, 6.45) is 1.12. The lowest BCUT2D eigenvalue weighted by Crippen LogP contribution is -2.24. The lowest BCUT2D eigenvalue weighted by Gasteiger charge is -2.16. The van der Waals surface area contributed by atoms with Gasteiger partial charge in [-0.1, -0.05) is 5.21 Å². The maximum Gasteiger partial charge on any atom is 0.277 e. The van der Waals surface area contributed by atoms with Crippen LogP contribution in [-0.4, -0.2) is 47.0 Å². The molecule has 0 spiro atoms. The molecule has 32 heavy (non-hydrogen) atoms. The van der Waals surface area contributed by atoms with Gasteiger partial charge in [-0.15, -0.1) is 5.10 Å². The number of nitrogens with one attached hydrogen (secondary N) is 1. The molecule has 1 N–H and O–H groups in total. The Bertz CT molecular complexity index is 967. The van der Waals surface area contributed by atoms with Crippen LogP contribution in [0.5, 0.6) is 17.2 Å². The number of ether oxygens (including phenoxy) is 4. The van der Waals surface area contributed by atoms with Crippen LogP contribution in [0.2, 0.25) is 0 Å². The molecular weight excluding hydrogens is 412 g/mol. The van der Waals surface area contributed by atoms with Crippen LogP contribution in [0.4, 0.5) is 5.69 Å². The number of amides is 1. The predicted octanol–water partition coefficient (Wildman–Crippen LogP) is 4.12. The van der Waals surface area contributed by atoms with Gasteiger partial charge < -0.3 is 24.3 Å². The zero-order chi connectivity index (χ0) is 22.8. The fraction of sp³-hybridized carbons (Fsp3) is 0.348. The van der Waals surface area contributed by atoms with Crippen molar-refractivity contribution in [1.82, 2.24) is 15.0 Å². The molecule has 0 aliphatic heterocycles. The number of benzene rings is 2. The number of carbonyl (C=O) groups excluding carboxylic acids is 1. The van der Waals surface area contributed by atoms with E-state index in [1.54, 1.807) is 30.5 Å². The molecule has 0 aliphatic carbocycles. The first kappa shape index (κ1) is 23.2. The van der Waals surface area contributed by atoms with Crippen molar-refractivity contribution in [3.8, 4) is 17.2 Å². The van der Waals surface area contributed by atoms with Crippen LogP contribution >= 0.6 is 0 Å². The number of carbonyl (C=O) groups is 1. The van der Waals surface area contributed by atoms with Crippen LogP contribution in [0.3, 0.4) is 0 Å². The molecule has 9 nitrogen and oxygen atoms in total. The molecule has 9 heteroatoms. The summed E-state index contributed by atoms with van der Waals surface area (Å²) in [4.78, 5) is 12.5. The lowest BCUT2D eigenvalue weighted by atomic mass is 10.3. The molecule has 0 aliphatic rings. The van der Waals surface area contributed by atoms with Gasteiger partial charge in [0.05, 0.1) is 19.3 Å². The van der Waals surface area contributed by atoms with Gasteiger partial charge in [-0.2, -0.15) is 0 Å². The van der Waals surface area contributed by atoms with E-state index < -0.39 is 6.29 Å². The molecule has 170 valence electrons. The summed E-state index contributed by atoms with van der Waals surface area (Å²) in [5, 5.41) is 10.7. The maximum atomic E-state index is 12.5. The molecule has 1 aromatic heterocycles. The highest BCUT2D eigenvalue weighted by Gasteiger charge is 2.15. The van der Waals surface area contributed by atoms with Crippen LogP contribution in [0.25, 0.3) is 0 Å². The highest BCUT2D eigenvalue weighted by Crippen LogP contribution is 2.25. The Kier molecular flexibility index (Phi) is 8.59. The van der Waals surface area contributed by atoms with Crippen molar-refractivity contribution in [3.63, 3.8) is 0 Å². The first-order valence-corrected chi connectivity index (χ1v) is 10.6. The molecule has 1 amide bonds. The van der Waals surface area contributed by atoms with Crippen molar-refractivity contribution in [1.29, 1.82) is 0 Å². The van der Waals surface area contributed by atoms with Gasteiger partial charge in [0.25, 0.3) is 5.91 Å². The Morgan fingerprint density at radius 2 is 1.50 bits per heavy atom. The highest BCUT2D eigenvalue weighted by molar-refractivity contribution is 6.02. The van der Waals surface area contributed by atoms with Crippen LogP contribution < -0.4 is 14.8 Å². The zero-order valence-electron chi connectivity index (χ0n) is 18.5. The second-order valence-corrected chi connectivity index (χ2v) is 6.65. The highest BCUT2D eigenvalue weighted by atomic mass is 16.7. The normalized spacial score (nSPS) is 10.9. The summed E-state index contributed by atoms with van der Waals surface area (Å²) >= 11 is 0. The van der Waals surface area contributed by atoms with E-state index >= 15 is 0 Å². The second-order valence-electron chi connectivity index (χ2n) is 6.65. The Morgan fingerprint density at radius 1 is 0.906 bits per heavy atom. The molecular formula is C23H28N4O5. The molecule has 3 rings (SSSR count). The van der Waals surface area contributed by atoms with E-state index in [-0.39, 0.29) is 11.6 Å². The summed E-state index contributed by atoms with van der Waals surface area (Å²) in [6, 6.07) is 14.4. The summed E-state index contributed by atoms with van der Waals surface area (Å²) in [6.45, 7) is 7.72. The largest absolute Gasteiger partial charge is 0.494 e. The molecule has 0 atom stereocenters. The number of anilines is 1. The standard InChI is InChI=1S/C23H28N4O5/c1-4-29-18-11-13-20(14-12-18)32-19-9-7-17(8-10-19)24-23(28)21-15-27(26-25-21)16-22(30-5-2)31-6-3/h7-15,22H,4-6,16H2,1-3H3,(H,24,28). The summed E-state index contributed by atoms with van der Waals surface area (Å²) in [7, 11) is 0. The van der Waals surface area contributed by atoms with E-state index in [4.69, 9.17) is 18.9 Å². The van der Waals surface area contributed by atoms with Crippen molar-refractivity contribution >= 4 is 11.6 Å². The van der Waals surface area contributed by atoms with Crippen molar-refractivity contribution in [2.45, 2.75) is 33.6 Å². The van der Waals surface area contributed by atoms with Crippen LogP contribution in [0, 0.1) is 0 Å². The summed E-state index contributed by atoms with van der Waals surface area (Å²) in [5.74, 6) is 1.78. The zero-order valence-corrected chi connectivity index (χ0v) is 18.5. The number of rotatable bonds is 12. The smallest absolute Gasteiger partial charge is 0.277 e. The third kappa shape index (κ3) is 6.79. The molecule has 2 aromatic carbocycles. The minimum atomic E-state index is -0.439. The van der Waals surface area contributed by atoms with Gasteiger partial charge in [0.15, 0.2) is 12.0 Å². The number of nitrogens with zero attached hydrogens (tertiary/aromatic N) is 3. The van der Waals surface area contributed by atoms with Crippen molar-refractivity contribution in [2.24, 2.45) is 0 Å². The topological polar surface area (TPSA) is 96.7 Å². The van der Waals surface area contributed by atoms with Crippen LogP contribution in [0.1, 0.15) is 31.3 Å². The van der Waals surface area contributed by atoms with Crippen LogP contribution in [-0.2, 0) is 16.0 Å². The molecule has 0 radical (unpaired) electrons. The third-order valence-electron chi connectivity index (χ3n) is 4.30. The monoisotopic (exact) mass is 440 g/mol. The quantitative estimate of drug-likeness (QED) is 0.423. The Labute approximate surface area is 187 Å². The Hall–Kier alpha value is -3.43. The lowest BCUT2D eigenvalue weighted by molar-refractivity contribution is -0.145. The fourth-order valence-corrected chi connectivity index (χ4v) is 2.88. The van der Waals surface area contributed by atoms with Gasteiger partial charge in [-0.05, 0) is 69.3 Å². The number of hydrogen-bond donors (Lipinski definition) is 1. The minimum Gasteiger partial charge on any atom is -0.494 e. The predicted molar refractivity (Wildman–Crippen MR) is 119 cm³/mol. The van der Waals surface area contributed by atoms with Gasteiger partial charge in [0.1, 0.15) is 17.2 Å². The van der Waals surface area contributed by atoms with E-state index in [1.165, 1.54) is 4.68 Å². The van der Waals surface area contributed by atoms with E-state index in [0.29, 0.717) is 43.6 Å². The molecule has 3 aromatic rings.